The molecule has 1 aliphatic heterocycles. The van der Waals surface area contributed by atoms with Crippen molar-refractivity contribution < 1.29 is 9.53 Å². The monoisotopic (exact) mass is 409 g/mol. The first-order chi connectivity index (χ1) is 14.4. The van der Waals surface area contributed by atoms with Crippen LogP contribution in [0.4, 0.5) is 4.79 Å². The Labute approximate surface area is 180 Å². The van der Waals surface area contributed by atoms with Crippen LogP contribution in [0.15, 0.2) is 54.6 Å². The van der Waals surface area contributed by atoms with E-state index in [9.17, 15) is 4.79 Å². The molecule has 2 aromatic rings. The second kappa shape index (κ2) is 10.6. The lowest BCUT2D eigenvalue weighted by Crippen LogP contribution is -2.43. The van der Waals surface area contributed by atoms with E-state index in [0.717, 1.165) is 44.8 Å². The third-order valence-corrected chi connectivity index (χ3v) is 5.80. The lowest BCUT2D eigenvalue weighted by atomic mass is 9.79. The fourth-order valence-corrected chi connectivity index (χ4v) is 4.16. The third-order valence-electron chi connectivity index (χ3n) is 5.80. The number of urea groups is 1. The summed E-state index contributed by atoms with van der Waals surface area (Å²) in [5.74, 6) is 0. The predicted molar refractivity (Wildman–Crippen MR) is 121 cm³/mol. The van der Waals surface area contributed by atoms with Crippen LogP contribution in [-0.2, 0) is 23.2 Å². The number of carbonyl (C=O) groups excluding carboxylic acids is 1. The summed E-state index contributed by atoms with van der Waals surface area (Å²) in [7, 11) is 0. The topological polar surface area (TPSA) is 53.6 Å². The molecular weight excluding hydrogens is 374 g/mol. The summed E-state index contributed by atoms with van der Waals surface area (Å²) in [6.45, 7) is 11.4. The molecule has 1 saturated heterocycles. The van der Waals surface area contributed by atoms with Crippen LogP contribution in [0, 0.1) is 0 Å². The van der Waals surface area contributed by atoms with Gasteiger partial charge in [0.1, 0.15) is 0 Å². The van der Waals surface area contributed by atoms with Crippen LogP contribution in [0.5, 0.6) is 0 Å². The average Bonchev–Trinajstić information content (AvgIpc) is 2.74. The predicted octanol–water partition coefficient (Wildman–Crippen LogP) is 4.07. The fourth-order valence-electron chi connectivity index (χ4n) is 4.16. The maximum Gasteiger partial charge on any atom is 0.315 e. The van der Waals surface area contributed by atoms with Gasteiger partial charge in [-0.2, -0.15) is 0 Å². The molecule has 2 aromatic carbocycles. The van der Waals surface area contributed by atoms with Crippen LogP contribution >= 0.6 is 0 Å². The van der Waals surface area contributed by atoms with E-state index in [1.165, 1.54) is 11.1 Å². The zero-order valence-electron chi connectivity index (χ0n) is 18.5. The normalized spacial score (nSPS) is 16.1. The van der Waals surface area contributed by atoms with Crippen LogP contribution in [0.2, 0.25) is 0 Å². The highest BCUT2D eigenvalue weighted by molar-refractivity contribution is 5.74. The number of benzene rings is 2. The van der Waals surface area contributed by atoms with E-state index < -0.39 is 0 Å². The highest BCUT2D eigenvalue weighted by Crippen LogP contribution is 2.28. The fraction of sp³-hybridized carbons (Fsp3) is 0.480. The lowest BCUT2D eigenvalue weighted by Gasteiger charge is -2.29. The Morgan fingerprint density at radius 3 is 2.37 bits per heavy atom. The molecular formula is C25H35N3O2. The third kappa shape index (κ3) is 6.57. The van der Waals surface area contributed by atoms with Crippen LogP contribution in [0.1, 0.15) is 43.9 Å². The number of rotatable bonds is 8. The second-order valence-corrected chi connectivity index (χ2v) is 8.84. The second-order valence-electron chi connectivity index (χ2n) is 8.84. The molecule has 0 saturated carbocycles. The summed E-state index contributed by atoms with van der Waals surface area (Å²) < 4.78 is 5.44. The van der Waals surface area contributed by atoms with Crippen molar-refractivity contribution >= 4 is 6.03 Å². The molecule has 0 aliphatic carbocycles. The van der Waals surface area contributed by atoms with E-state index in [4.69, 9.17) is 4.74 Å². The molecule has 30 heavy (non-hydrogen) atoms. The maximum atomic E-state index is 12.5. The van der Waals surface area contributed by atoms with E-state index >= 15 is 0 Å². The summed E-state index contributed by atoms with van der Waals surface area (Å²) >= 11 is 0. The smallest absolute Gasteiger partial charge is 0.315 e. The van der Waals surface area contributed by atoms with E-state index in [1.54, 1.807) is 0 Å². The minimum atomic E-state index is -0.118. The number of ether oxygens (including phenoxy) is 1. The molecule has 0 aromatic heterocycles. The van der Waals surface area contributed by atoms with Crippen LogP contribution in [-0.4, -0.2) is 43.3 Å². The van der Waals surface area contributed by atoms with Crippen LogP contribution < -0.4 is 10.6 Å². The number of hydrogen-bond donors (Lipinski definition) is 2. The molecule has 5 heteroatoms. The average molecular weight is 410 g/mol. The Kier molecular flexibility index (Phi) is 7.88. The van der Waals surface area contributed by atoms with E-state index in [2.05, 4.69) is 78.8 Å². The van der Waals surface area contributed by atoms with Crippen molar-refractivity contribution in [2.75, 3.05) is 26.3 Å². The highest BCUT2D eigenvalue weighted by Gasteiger charge is 2.24. The molecule has 1 aliphatic rings. The van der Waals surface area contributed by atoms with Gasteiger partial charge in [0.05, 0.1) is 13.2 Å². The number of hydrogen-bond acceptors (Lipinski definition) is 3. The van der Waals surface area contributed by atoms with Gasteiger partial charge in [0.2, 0.25) is 0 Å². The molecule has 1 heterocycles. The van der Waals surface area contributed by atoms with Gasteiger partial charge in [-0.1, -0.05) is 68.4 Å². The SMILES string of the molecule is CC(CC(C)(C)c1ccccc1)NC(=O)NCc1ccccc1CN1CCOCC1. The summed E-state index contributed by atoms with van der Waals surface area (Å²) in [4.78, 5) is 14.9. The van der Waals surface area contributed by atoms with E-state index in [0.29, 0.717) is 6.54 Å². The van der Waals surface area contributed by atoms with Crippen molar-refractivity contribution in [2.24, 2.45) is 0 Å². The van der Waals surface area contributed by atoms with Gasteiger partial charge >= 0.3 is 6.03 Å². The maximum absolute atomic E-state index is 12.5. The largest absolute Gasteiger partial charge is 0.379 e. The minimum absolute atomic E-state index is 0.00128. The van der Waals surface area contributed by atoms with Crippen molar-refractivity contribution in [2.45, 2.75) is 51.7 Å². The first kappa shape index (κ1) is 22.3. The van der Waals surface area contributed by atoms with E-state index in [1.807, 2.05) is 12.1 Å². The van der Waals surface area contributed by atoms with Crippen molar-refractivity contribution in [3.05, 3.63) is 71.3 Å². The minimum Gasteiger partial charge on any atom is -0.379 e. The summed E-state index contributed by atoms with van der Waals surface area (Å²) in [5, 5.41) is 6.14. The van der Waals surface area contributed by atoms with Crippen molar-refractivity contribution in [1.29, 1.82) is 0 Å². The Balaban J connectivity index is 1.49. The Morgan fingerprint density at radius 1 is 1.03 bits per heavy atom. The Morgan fingerprint density at radius 2 is 1.67 bits per heavy atom. The van der Waals surface area contributed by atoms with Gasteiger partial charge in [-0.15, -0.1) is 0 Å². The quantitative estimate of drug-likeness (QED) is 0.691. The molecule has 2 N–H and O–H groups in total. The molecule has 5 nitrogen and oxygen atoms in total. The van der Waals surface area contributed by atoms with E-state index in [-0.39, 0.29) is 17.5 Å². The summed E-state index contributed by atoms with van der Waals surface area (Å²) in [6.07, 6.45) is 0.873. The zero-order chi connectivity index (χ0) is 21.4. The number of nitrogens with one attached hydrogen (secondary N) is 2. The van der Waals surface area contributed by atoms with Gasteiger partial charge in [-0.25, -0.2) is 4.79 Å². The first-order valence-electron chi connectivity index (χ1n) is 10.9. The lowest BCUT2D eigenvalue weighted by molar-refractivity contribution is 0.0341. The van der Waals surface area contributed by atoms with Crippen LogP contribution in [0.25, 0.3) is 0 Å². The molecule has 1 atom stereocenters. The molecule has 3 rings (SSSR count). The molecule has 1 unspecified atom stereocenters. The van der Waals surface area contributed by atoms with Gasteiger partial charge in [-0.3, -0.25) is 4.90 Å². The van der Waals surface area contributed by atoms with Crippen molar-refractivity contribution in [3.8, 4) is 0 Å². The van der Waals surface area contributed by atoms with Gasteiger partial charge in [0.15, 0.2) is 0 Å². The van der Waals surface area contributed by atoms with Gasteiger partial charge < -0.3 is 15.4 Å². The van der Waals surface area contributed by atoms with Gasteiger partial charge in [-0.05, 0) is 35.4 Å². The summed E-state index contributed by atoms with van der Waals surface area (Å²) in [6, 6.07) is 18.8. The number of morpholine rings is 1. The number of nitrogens with zero attached hydrogens (tertiary/aromatic N) is 1. The first-order valence-corrected chi connectivity index (χ1v) is 10.9. The van der Waals surface area contributed by atoms with Crippen molar-refractivity contribution in [3.63, 3.8) is 0 Å². The van der Waals surface area contributed by atoms with Gasteiger partial charge in [0, 0.05) is 32.2 Å². The Hall–Kier alpha value is -2.37. The Bertz CT molecular complexity index is 801. The molecule has 1 fully saturated rings. The standard InChI is InChI=1S/C25H35N3O2/c1-20(17-25(2,3)23-11-5-4-6-12-23)27-24(29)26-18-21-9-7-8-10-22(21)19-28-13-15-30-16-14-28/h4-12,20H,13-19H2,1-3H3,(H2,26,27,29). The van der Waals surface area contributed by atoms with Crippen LogP contribution in [0.3, 0.4) is 0 Å². The van der Waals surface area contributed by atoms with Gasteiger partial charge in [0.25, 0.3) is 0 Å². The summed E-state index contributed by atoms with van der Waals surface area (Å²) in [5.41, 5.74) is 3.71. The molecule has 0 bridgehead atoms. The molecule has 2 amide bonds. The highest BCUT2D eigenvalue weighted by atomic mass is 16.5. The zero-order valence-corrected chi connectivity index (χ0v) is 18.5. The molecule has 162 valence electrons. The number of amides is 2. The van der Waals surface area contributed by atoms with Crippen molar-refractivity contribution in [1.82, 2.24) is 15.5 Å². The number of carbonyl (C=O) groups is 1. The molecule has 0 radical (unpaired) electrons. The molecule has 0 spiro atoms.